The smallest absolute Gasteiger partial charge is 0.146 e. The molecule has 0 rings (SSSR count). The zero-order valence-corrected chi connectivity index (χ0v) is 14.6. The lowest BCUT2D eigenvalue weighted by atomic mass is 9.73. The van der Waals surface area contributed by atoms with Crippen LogP contribution in [0, 0.1) is 29.1 Å². The highest BCUT2D eigenvalue weighted by atomic mass is 16.3. The van der Waals surface area contributed by atoms with E-state index in [-0.39, 0.29) is 24.7 Å². The molecular weight excluding hydrogens is 280 g/mol. The zero-order chi connectivity index (χ0) is 17.3. The van der Waals surface area contributed by atoms with E-state index in [1.807, 2.05) is 6.92 Å². The standard InChI is InChI=1S/C18H32O4/c1-6-7-8-9-10-13(2)16(21)14(3)17(22)18(4,5)15(20)11-12-19/h13-16,19-21H,8-12H2,1-5H3/t13-,14+,15-,16-/m0/s1. The van der Waals surface area contributed by atoms with Crippen molar-refractivity contribution in [3.05, 3.63) is 0 Å². The van der Waals surface area contributed by atoms with Crippen molar-refractivity contribution in [3.63, 3.8) is 0 Å². The van der Waals surface area contributed by atoms with Gasteiger partial charge in [-0.2, -0.15) is 0 Å². The molecule has 22 heavy (non-hydrogen) atoms. The van der Waals surface area contributed by atoms with Gasteiger partial charge in [0.1, 0.15) is 5.78 Å². The molecule has 0 amide bonds. The predicted molar refractivity (Wildman–Crippen MR) is 88.1 cm³/mol. The molecule has 0 aromatic rings. The van der Waals surface area contributed by atoms with Gasteiger partial charge in [-0.3, -0.25) is 4.79 Å². The Kier molecular flexibility index (Phi) is 9.59. The van der Waals surface area contributed by atoms with E-state index in [2.05, 4.69) is 11.8 Å². The lowest BCUT2D eigenvalue weighted by Crippen LogP contribution is -2.45. The number of rotatable bonds is 10. The molecule has 0 bridgehead atoms. The summed E-state index contributed by atoms with van der Waals surface area (Å²) >= 11 is 0. The number of ketones is 1. The van der Waals surface area contributed by atoms with E-state index < -0.39 is 23.5 Å². The Labute approximate surface area is 134 Å². The molecule has 0 aliphatic rings. The third-order valence-electron chi connectivity index (χ3n) is 4.52. The summed E-state index contributed by atoms with van der Waals surface area (Å²) in [4.78, 5) is 12.6. The number of hydrogen-bond acceptors (Lipinski definition) is 4. The average Bonchev–Trinajstić information content (AvgIpc) is 2.49. The molecule has 0 saturated heterocycles. The number of hydrogen-bond donors (Lipinski definition) is 3. The molecule has 4 atom stereocenters. The van der Waals surface area contributed by atoms with Gasteiger partial charge in [0.15, 0.2) is 0 Å². The van der Waals surface area contributed by atoms with Crippen molar-refractivity contribution in [2.24, 2.45) is 17.3 Å². The van der Waals surface area contributed by atoms with Gasteiger partial charge in [0, 0.05) is 24.4 Å². The molecule has 0 aromatic heterocycles. The van der Waals surface area contributed by atoms with Crippen LogP contribution >= 0.6 is 0 Å². The summed E-state index contributed by atoms with van der Waals surface area (Å²) in [5.74, 6) is 5.13. The van der Waals surface area contributed by atoms with Crippen molar-refractivity contribution >= 4 is 5.78 Å². The largest absolute Gasteiger partial charge is 0.396 e. The maximum Gasteiger partial charge on any atom is 0.146 e. The number of aliphatic hydroxyl groups excluding tert-OH is 3. The Morgan fingerprint density at radius 1 is 1.18 bits per heavy atom. The molecule has 4 heteroatoms. The van der Waals surface area contributed by atoms with Crippen molar-refractivity contribution in [1.29, 1.82) is 0 Å². The molecule has 0 unspecified atom stereocenters. The van der Waals surface area contributed by atoms with E-state index >= 15 is 0 Å². The summed E-state index contributed by atoms with van der Waals surface area (Å²) in [6.45, 7) is 8.62. The molecule has 0 aromatic carbocycles. The monoisotopic (exact) mass is 312 g/mol. The summed E-state index contributed by atoms with van der Waals surface area (Å²) in [7, 11) is 0. The van der Waals surface area contributed by atoms with Gasteiger partial charge in [0.05, 0.1) is 12.2 Å². The highest BCUT2D eigenvalue weighted by Crippen LogP contribution is 2.31. The SMILES string of the molecule is CC#CCCC[C@H](C)[C@H](O)[C@@H](C)C(=O)C(C)(C)[C@@H](O)CCO. The van der Waals surface area contributed by atoms with Crippen LogP contribution in [-0.2, 0) is 4.79 Å². The summed E-state index contributed by atoms with van der Waals surface area (Å²) in [5, 5.41) is 29.4. The summed E-state index contributed by atoms with van der Waals surface area (Å²) in [6, 6.07) is 0. The Hall–Kier alpha value is -0.890. The molecule has 0 heterocycles. The van der Waals surface area contributed by atoms with Crippen LogP contribution in [0.15, 0.2) is 0 Å². The van der Waals surface area contributed by atoms with Gasteiger partial charge in [-0.15, -0.1) is 11.8 Å². The van der Waals surface area contributed by atoms with Gasteiger partial charge in [-0.1, -0.05) is 27.7 Å². The number of unbranched alkanes of at least 4 members (excludes halogenated alkanes) is 1. The Balaban J connectivity index is 4.67. The highest BCUT2D eigenvalue weighted by molar-refractivity contribution is 5.87. The predicted octanol–water partition coefficient (Wildman–Crippen LogP) is 2.15. The molecule has 0 saturated carbocycles. The maximum atomic E-state index is 12.6. The quantitative estimate of drug-likeness (QED) is 0.427. The molecule has 0 aliphatic heterocycles. The van der Waals surface area contributed by atoms with Crippen LogP contribution in [0.25, 0.3) is 0 Å². The van der Waals surface area contributed by atoms with Crippen molar-refractivity contribution < 1.29 is 20.1 Å². The maximum absolute atomic E-state index is 12.6. The van der Waals surface area contributed by atoms with Crippen LogP contribution in [0.2, 0.25) is 0 Å². The van der Waals surface area contributed by atoms with Crippen molar-refractivity contribution in [3.8, 4) is 11.8 Å². The normalized spacial score (nSPS) is 17.1. The first-order valence-electron chi connectivity index (χ1n) is 8.11. The van der Waals surface area contributed by atoms with Crippen LogP contribution in [-0.4, -0.2) is 39.9 Å². The Morgan fingerprint density at radius 2 is 1.77 bits per heavy atom. The van der Waals surface area contributed by atoms with E-state index in [4.69, 9.17) is 5.11 Å². The average molecular weight is 312 g/mol. The van der Waals surface area contributed by atoms with Gasteiger partial charge in [-0.05, 0) is 32.1 Å². The van der Waals surface area contributed by atoms with E-state index in [0.29, 0.717) is 0 Å². The van der Waals surface area contributed by atoms with Crippen molar-refractivity contribution in [2.45, 2.75) is 72.5 Å². The van der Waals surface area contributed by atoms with E-state index in [1.165, 1.54) is 0 Å². The van der Waals surface area contributed by atoms with Gasteiger partial charge < -0.3 is 15.3 Å². The Morgan fingerprint density at radius 3 is 2.27 bits per heavy atom. The first-order valence-corrected chi connectivity index (χ1v) is 8.11. The van der Waals surface area contributed by atoms with Crippen LogP contribution in [0.4, 0.5) is 0 Å². The molecule has 0 aliphatic carbocycles. The molecule has 0 fully saturated rings. The van der Waals surface area contributed by atoms with Gasteiger partial charge in [-0.25, -0.2) is 0 Å². The van der Waals surface area contributed by atoms with Gasteiger partial charge in [0.2, 0.25) is 0 Å². The van der Waals surface area contributed by atoms with Gasteiger partial charge >= 0.3 is 0 Å². The number of carbonyl (C=O) groups is 1. The minimum absolute atomic E-state index is 0.00314. The van der Waals surface area contributed by atoms with Crippen molar-refractivity contribution in [2.75, 3.05) is 6.61 Å². The molecule has 4 nitrogen and oxygen atoms in total. The second-order valence-corrected chi connectivity index (χ2v) is 6.69. The molecule has 0 radical (unpaired) electrons. The summed E-state index contributed by atoms with van der Waals surface area (Å²) in [6.07, 6.45) is 1.03. The van der Waals surface area contributed by atoms with E-state index in [1.54, 1.807) is 27.7 Å². The Bertz CT molecular complexity index is 392. The molecule has 0 spiro atoms. The second kappa shape index (κ2) is 9.99. The molecule has 3 N–H and O–H groups in total. The minimum atomic E-state index is -0.976. The van der Waals surface area contributed by atoms with Crippen LogP contribution < -0.4 is 0 Å². The first kappa shape index (κ1) is 21.1. The summed E-state index contributed by atoms with van der Waals surface area (Å²) in [5.41, 5.74) is -0.976. The third-order valence-corrected chi connectivity index (χ3v) is 4.52. The second-order valence-electron chi connectivity index (χ2n) is 6.69. The number of carbonyl (C=O) groups excluding carboxylic acids is 1. The fourth-order valence-electron chi connectivity index (χ4n) is 2.69. The minimum Gasteiger partial charge on any atom is -0.396 e. The molecule has 128 valence electrons. The fraction of sp³-hybridized carbons (Fsp3) is 0.833. The number of aliphatic hydroxyl groups is 3. The summed E-state index contributed by atoms with van der Waals surface area (Å²) < 4.78 is 0. The van der Waals surface area contributed by atoms with E-state index in [9.17, 15) is 15.0 Å². The van der Waals surface area contributed by atoms with Gasteiger partial charge in [0.25, 0.3) is 0 Å². The first-order chi connectivity index (χ1) is 10.2. The van der Waals surface area contributed by atoms with Crippen LogP contribution in [0.1, 0.15) is 60.3 Å². The third kappa shape index (κ3) is 6.08. The van der Waals surface area contributed by atoms with Crippen LogP contribution in [0.3, 0.4) is 0 Å². The van der Waals surface area contributed by atoms with Crippen molar-refractivity contribution in [1.82, 2.24) is 0 Å². The topological polar surface area (TPSA) is 77.8 Å². The lowest BCUT2D eigenvalue weighted by molar-refractivity contribution is -0.142. The molecular formula is C18H32O4. The fourth-order valence-corrected chi connectivity index (χ4v) is 2.69. The van der Waals surface area contributed by atoms with E-state index in [0.717, 1.165) is 19.3 Å². The van der Waals surface area contributed by atoms with Crippen LogP contribution in [0.5, 0.6) is 0 Å². The highest BCUT2D eigenvalue weighted by Gasteiger charge is 2.40. The lowest BCUT2D eigenvalue weighted by Gasteiger charge is -2.34. The zero-order valence-electron chi connectivity index (χ0n) is 14.6. The number of Topliss-reactive ketones (excluding diaryl/α,β-unsaturated/α-hetero) is 1.